The maximum Gasteiger partial charge on any atom is 0.328 e. The Balaban J connectivity index is 1.38. The van der Waals surface area contributed by atoms with E-state index in [-0.39, 0.29) is 23.6 Å². The van der Waals surface area contributed by atoms with E-state index in [0.717, 1.165) is 16.7 Å². The van der Waals surface area contributed by atoms with Crippen LogP contribution in [0.15, 0.2) is 109 Å². The number of nitrogens with zero attached hydrogens (tertiary/aromatic N) is 3. The quantitative estimate of drug-likeness (QED) is 0.163. The van der Waals surface area contributed by atoms with E-state index >= 15 is 0 Å². The number of anilines is 1. The smallest absolute Gasteiger partial charge is 0.328 e. The fourth-order valence-corrected chi connectivity index (χ4v) is 5.89. The normalized spacial score (nSPS) is 16.7. The average Bonchev–Trinajstić information content (AvgIpc) is 3.84. The SMILES string of the molecule is COC(=O)[C@H](C(C)C)N(C)C(=O)c1ccc(NC(=O)C2CN2C(c2ccccc2)(c2ccccc2)c2ccccc2)cn1. The van der Waals surface area contributed by atoms with Crippen molar-refractivity contribution in [1.82, 2.24) is 14.8 Å². The van der Waals surface area contributed by atoms with Crippen molar-refractivity contribution in [2.45, 2.75) is 31.5 Å². The first-order chi connectivity index (χ1) is 20.8. The van der Waals surface area contributed by atoms with Gasteiger partial charge in [-0.05, 0) is 34.7 Å². The summed E-state index contributed by atoms with van der Waals surface area (Å²) in [6, 6.07) is 32.8. The van der Waals surface area contributed by atoms with Gasteiger partial charge in [0.15, 0.2) is 0 Å². The fraction of sp³-hybridized carbons (Fsp3) is 0.257. The van der Waals surface area contributed by atoms with Crippen LogP contribution in [0, 0.1) is 5.92 Å². The van der Waals surface area contributed by atoms with Crippen LogP contribution in [0.1, 0.15) is 41.0 Å². The first kappa shape index (κ1) is 29.7. The molecule has 5 rings (SSSR count). The lowest BCUT2D eigenvalue weighted by atomic mass is 9.76. The molecule has 2 heterocycles. The molecule has 8 nitrogen and oxygen atoms in total. The number of aromatic nitrogens is 1. The maximum absolute atomic E-state index is 13.6. The number of methoxy groups -OCH3 is 1. The van der Waals surface area contributed by atoms with Gasteiger partial charge in [0, 0.05) is 13.6 Å². The number of hydrogen-bond donors (Lipinski definition) is 1. The molecule has 1 aromatic heterocycles. The maximum atomic E-state index is 13.6. The second-order valence-electron chi connectivity index (χ2n) is 11.0. The lowest BCUT2D eigenvalue weighted by molar-refractivity contribution is -0.147. The topological polar surface area (TPSA) is 91.6 Å². The molecule has 0 saturated carbocycles. The number of nitrogens with one attached hydrogen (secondary N) is 1. The predicted octanol–water partition coefficient (Wildman–Crippen LogP) is 4.97. The molecule has 0 bridgehead atoms. The minimum Gasteiger partial charge on any atom is -0.467 e. The second kappa shape index (κ2) is 12.6. The van der Waals surface area contributed by atoms with Gasteiger partial charge in [0.2, 0.25) is 5.91 Å². The molecule has 43 heavy (non-hydrogen) atoms. The summed E-state index contributed by atoms with van der Waals surface area (Å²) in [5, 5.41) is 2.98. The van der Waals surface area contributed by atoms with Crippen molar-refractivity contribution in [3.8, 4) is 0 Å². The molecule has 0 spiro atoms. The molecule has 3 atom stereocenters. The van der Waals surface area contributed by atoms with Gasteiger partial charge in [0.05, 0.1) is 24.5 Å². The number of ether oxygens (including phenoxy) is 1. The third-order valence-corrected chi connectivity index (χ3v) is 7.98. The Morgan fingerprint density at radius 1 is 0.860 bits per heavy atom. The molecular weight excluding hydrogens is 540 g/mol. The van der Waals surface area contributed by atoms with E-state index in [1.165, 1.54) is 18.2 Å². The van der Waals surface area contributed by atoms with E-state index in [1.807, 2.05) is 68.4 Å². The number of amides is 2. The van der Waals surface area contributed by atoms with Gasteiger partial charge in [-0.3, -0.25) is 14.5 Å². The summed E-state index contributed by atoms with van der Waals surface area (Å²) in [6.07, 6.45) is 1.47. The average molecular weight is 577 g/mol. The third kappa shape index (κ3) is 5.79. The molecule has 2 amide bonds. The minimum absolute atomic E-state index is 0.142. The van der Waals surface area contributed by atoms with Gasteiger partial charge in [-0.2, -0.15) is 0 Å². The number of pyridine rings is 1. The summed E-state index contributed by atoms with van der Waals surface area (Å²) in [5.41, 5.74) is 3.19. The van der Waals surface area contributed by atoms with Crippen molar-refractivity contribution in [2.24, 2.45) is 5.92 Å². The van der Waals surface area contributed by atoms with Gasteiger partial charge in [0.25, 0.3) is 5.91 Å². The van der Waals surface area contributed by atoms with Crippen LogP contribution < -0.4 is 5.32 Å². The first-order valence-electron chi connectivity index (χ1n) is 14.3. The van der Waals surface area contributed by atoms with Crippen LogP contribution >= 0.6 is 0 Å². The summed E-state index contributed by atoms with van der Waals surface area (Å²) in [5.74, 6) is -1.19. The van der Waals surface area contributed by atoms with Gasteiger partial charge in [-0.25, -0.2) is 9.78 Å². The zero-order chi connectivity index (χ0) is 30.6. The molecule has 0 aliphatic carbocycles. The van der Waals surface area contributed by atoms with E-state index in [4.69, 9.17) is 4.74 Å². The summed E-state index contributed by atoms with van der Waals surface area (Å²) < 4.78 is 4.88. The second-order valence-corrected chi connectivity index (χ2v) is 11.0. The fourth-order valence-electron chi connectivity index (χ4n) is 5.89. The van der Waals surface area contributed by atoms with Crippen molar-refractivity contribution in [3.63, 3.8) is 0 Å². The molecule has 2 unspecified atom stereocenters. The Morgan fingerprint density at radius 2 is 1.37 bits per heavy atom. The number of esters is 1. The van der Waals surface area contributed by atoms with E-state index in [0.29, 0.717) is 12.2 Å². The predicted molar refractivity (Wildman–Crippen MR) is 165 cm³/mol. The molecule has 8 heteroatoms. The Hall–Kier alpha value is -4.82. The van der Waals surface area contributed by atoms with E-state index in [1.54, 1.807) is 19.2 Å². The lowest BCUT2D eigenvalue weighted by Crippen LogP contribution is -2.46. The van der Waals surface area contributed by atoms with E-state index in [2.05, 4.69) is 51.6 Å². The molecule has 220 valence electrons. The zero-order valence-corrected chi connectivity index (χ0v) is 24.8. The molecule has 1 saturated heterocycles. The zero-order valence-electron chi connectivity index (χ0n) is 24.8. The molecular formula is C35H36N4O4. The highest BCUT2D eigenvalue weighted by molar-refractivity contribution is 5.98. The van der Waals surface area contributed by atoms with Crippen LogP contribution in [-0.2, 0) is 19.9 Å². The molecule has 1 aliphatic heterocycles. The van der Waals surface area contributed by atoms with Crippen molar-refractivity contribution in [1.29, 1.82) is 0 Å². The Kier molecular flexibility index (Phi) is 8.68. The van der Waals surface area contributed by atoms with Gasteiger partial charge in [0.1, 0.15) is 17.8 Å². The highest BCUT2D eigenvalue weighted by Crippen LogP contribution is 2.48. The first-order valence-corrected chi connectivity index (χ1v) is 14.3. The monoisotopic (exact) mass is 576 g/mol. The molecule has 1 aliphatic rings. The summed E-state index contributed by atoms with van der Waals surface area (Å²) in [7, 11) is 2.86. The van der Waals surface area contributed by atoms with Gasteiger partial charge in [-0.1, -0.05) is 105 Å². The number of benzene rings is 3. The number of hydrogen-bond acceptors (Lipinski definition) is 6. The highest BCUT2D eigenvalue weighted by Gasteiger charge is 2.56. The van der Waals surface area contributed by atoms with Crippen LogP contribution in [0.5, 0.6) is 0 Å². The standard InChI is InChI=1S/C35H36N4O4/c1-24(2)31(34(42)43-4)38(3)33(41)29-21-20-28(22-36-29)37-32(40)30-23-39(30)35(25-14-8-5-9-15-25,26-16-10-6-11-17-26)27-18-12-7-13-19-27/h5-22,24,30-31H,23H2,1-4H3,(H,37,40)/t30?,31-,39?/m0/s1. The lowest BCUT2D eigenvalue weighted by Gasteiger charge is -2.38. The third-order valence-electron chi connectivity index (χ3n) is 7.98. The van der Waals surface area contributed by atoms with Crippen LogP contribution in [0.4, 0.5) is 5.69 Å². The van der Waals surface area contributed by atoms with E-state index < -0.39 is 23.5 Å². The largest absolute Gasteiger partial charge is 0.467 e. The van der Waals surface area contributed by atoms with Crippen molar-refractivity contribution in [2.75, 3.05) is 26.0 Å². The van der Waals surface area contributed by atoms with E-state index in [9.17, 15) is 14.4 Å². The summed E-state index contributed by atoms with van der Waals surface area (Å²) in [6.45, 7) is 4.25. The Bertz CT molecular complexity index is 1460. The van der Waals surface area contributed by atoms with Gasteiger partial charge in [-0.15, -0.1) is 0 Å². The molecule has 1 N–H and O–H groups in total. The summed E-state index contributed by atoms with van der Waals surface area (Å²) >= 11 is 0. The molecule has 1 fully saturated rings. The van der Waals surface area contributed by atoms with Crippen LogP contribution in [0.3, 0.4) is 0 Å². The number of carbonyl (C=O) groups is 3. The summed E-state index contributed by atoms with van der Waals surface area (Å²) in [4.78, 5) is 46.8. The molecule has 4 aromatic rings. The van der Waals surface area contributed by atoms with Crippen LogP contribution in [-0.4, -0.2) is 65.4 Å². The highest BCUT2D eigenvalue weighted by atomic mass is 16.5. The number of likely N-dealkylation sites (N-methyl/N-ethyl adjacent to an activating group) is 1. The van der Waals surface area contributed by atoms with Crippen molar-refractivity contribution < 1.29 is 19.1 Å². The van der Waals surface area contributed by atoms with Crippen molar-refractivity contribution in [3.05, 3.63) is 132 Å². The minimum atomic E-state index is -0.737. The van der Waals surface area contributed by atoms with Gasteiger partial charge >= 0.3 is 5.97 Å². The number of rotatable bonds is 10. The number of carbonyl (C=O) groups excluding carboxylic acids is 3. The van der Waals surface area contributed by atoms with Crippen LogP contribution in [0.25, 0.3) is 0 Å². The molecule has 3 aromatic carbocycles. The van der Waals surface area contributed by atoms with Gasteiger partial charge < -0.3 is 15.0 Å². The Morgan fingerprint density at radius 3 is 1.79 bits per heavy atom. The molecule has 0 radical (unpaired) electrons. The van der Waals surface area contributed by atoms with Crippen molar-refractivity contribution >= 4 is 23.5 Å². The van der Waals surface area contributed by atoms with Crippen LogP contribution in [0.2, 0.25) is 0 Å². The Labute approximate surface area is 252 Å².